The standard InChI is InChI=1S/C17H12Cl2O4/c1-9(20)17(16(21)22)8-11-7-12(10-5-3-2-4-6-10)13(18)14(19)15(11)23-17/h2-7H,8H2,1H3,(H,21,22). The zero-order chi connectivity index (χ0) is 16.8. The van der Waals surface area contributed by atoms with Crippen LogP contribution in [-0.2, 0) is 16.0 Å². The van der Waals surface area contributed by atoms with Crippen LogP contribution in [-0.4, -0.2) is 22.5 Å². The predicted molar refractivity (Wildman–Crippen MR) is 87.3 cm³/mol. The highest BCUT2D eigenvalue weighted by Gasteiger charge is 2.52. The first-order chi connectivity index (χ1) is 10.9. The van der Waals surface area contributed by atoms with Crippen LogP contribution in [0.3, 0.4) is 0 Å². The number of hydrogen-bond donors (Lipinski definition) is 1. The minimum absolute atomic E-state index is 0.0796. The van der Waals surface area contributed by atoms with Gasteiger partial charge in [-0.3, -0.25) is 4.79 Å². The smallest absolute Gasteiger partial charge is 0.356 e. The van der Waals surface area contributed by atoms with Crippen LogP contribution in [0.15, 0.2) is 36.4 Å². The lowest BCUT2D eigenvalue weighted by Gasteiger charge is -2.20. The Bertz CT molecular complexity index is 801. The molecule has 3 rings (SSSR count). The maximum atomic E-state index is 11.8. The second kappa shape index (κ2) is 5.55. The normalized spacial score (nSPS) is 19.1. The summed E-state index contributed by atoms with van der Waals surface area (Å²) >= 11 is 12.6. The van der Waals surface area contributed by atoms with Gasteiger partial charge in [0.05, 0.1) is 5.02 Å². The third-order valence-electron chi connectivity index (χ3n) is 3.95. The molecule has 2 aromatic carbocycles. The number of fused-ring (bicyclic) bond motifs is 1. The molecule has 1 unspecified atom stereocenters. The van der Waals surface area contributed by atoms with E-state index in [2.05, 4.69) is 0 Å². The van der Waals surface area contributed by atoms with E-state index in [1.165, 1.54) is 6.92 Å². The minimum atomic E-state index is -1.94. The first kappa shape index (κ1) is 15.8. The van der Waals surface area contributed by atoms with Crippen molar-refractivity contribution in [2.24, 2.45) is 0 Å². The van der Waals surface area contributed by atoms with E-state index >= 15 is 0 Å². The van der Waals surface area contributed by atoms with Crippen LogP contribution in [0, 0.1) is 0 Å². The van der Waals surface area contributed by atoms with E-state index in [1.807, 2.05) is 30.3 Å². The molecule has 0 radical (unpaired) electrons. The van der Waals surface area contributed by atoms with Crippen molar-refractivity contribution in [3.05, 3.63) is 52.0 Å². The number of carbonyl (C=O) groups is 2. The summed E-state index contributed by atoms with van der Waals surface area (Å²) in [7, 11) is 0. The molecule has 0 spiro atoms. The first-order valence-electron chi connectivity index (χ1n) is 6.86. The number of ether oxygens (including phenoxy) is 1. The molecule has 1 aliphatic rings. The van der Waals surface area contributed by atoms with Crippen molar-refractivity contribution in [2.75, 3.05) is 0 Å². The van der Waals surface area contributed by atoms with Gasteiger partial charge in [-0.1, -0.05) is 53.5 Å². The molecule has 1 atom stereocenters. The zero-order valence-electron chi connectivity index (χ0n) is 12.1. The fourth-order valence-electron chi connectivity index (χ4n) is 2.68. The highest BCUT2D eigenvalue weighted by atomic mass is 35.5. The molecule has 23 heavy (non-hydrogen) atoms. The molecule has 0 saturated heterocycles. The van der Waals surface area contributed by atoms with Crippen molar-refractivity contribution in [3.8, 4) is 16.9 Å². The maximum absolute atomic E-state index is 11.8. The topological polar surface area (TPSA) is 63.6 Å². The van der Waals surface area contributed by atoms with Gasteiger partial charge < -0.3 is 9.84 Å². The second-order valence-electron chi connectivity index (χ2n) is 5.37. The molecular formula is C17H12Cl2O4. The highest BCUT2D eigenvalue weighted by Crippen LogP contribution is 2.48. The molecule has 2 aromatic rings. The Labute approximate surface area is 142 Å². The lowest BCUT2D eigenvalue weighted by molar-refractivity contribution is -0.159. The fourth-order valence-corrected chi connectivity index (χ4v) is 3.19. The Morgan fingerprint density at radius 2 is 1.83 bits per heavy atom. The molecule has 0 aromatic heterocycles. The Morgan fingerprint density at radius 3 is 2.39 bits per heavy atom. The van der Waals surface area contributed by atoms with E-state index < -0.39 is 17.4 Å². The van der Waals surface area contributed by atoms with E-state index in [0.717, 1.165) is 5.56 Å². The number of carbonyl (C=O) groups excluding carboxylic acids is 1. The van der Waals surface area contributed by atoms with Crippen molar-refractivity contribution < 1.29 is 19.4 Å². The average molecular weight is 351 g/mol. The van der Waals surface area contributed by atoms with Crippen molar-refractivity contribution >= 4 is 35.0 Å². The number of carboxylic acids is 1. The number of Topliss-reactive ketones (excluding diaryl/α,β-unsaturated/α-hetero) is 1. The van der Waals surface area contributed by atoms with Crippen LogP contribution in [0.5, 0.6) is 5.75 Å². The van der Waals surface area contributed by atoms with Crippen LogP contribution >= 0.6 is 23.2 Å². The van der Waals surface area contributed by atoms with Crippen molar-refractivity contribution in [1.82, 2.24) is 0 Å². The van der Waals surface area contributed by atoms with E-state index in [-0.39, 0.29) is 22.2 Å². The second-order valence-corrected chi connectivity index (χ2v) is 6.13. The van der Waals surface area contributed by atoms with Crippen LogP contribution < -0.4 is 4.74 Å². The van der Waals surface area contributed by atoms with Gasteiger partial charge in [0.2, 0.25) is 0 Å². The van der Waals surface area contributed by atoms with E-state index in [1.54, 1.807) is 6.07 Å². The summed E-state index contributed by atoms with van der Waals surface area (Å²) in [5.41, 5.74) is 0.128. The number of halogens is 2. The first-order valence-corrected chi connectivity index (χ1v) is 7.62. The summed E-state index contributed by atoms with van der Waals surface area (Å²) in [6.45, 7) is 1.19. The zero-order valence-corrected chi connectivity index (χ0v) is 13.6. The summed E-state index contributed by atoms with van der Waals surface area (Å²) < 4.78 is 5.45. The van der Waals surface area contributed by atoms with Gasteiger partial charge in [-0.05, 0) is 18.6 Å². The van der Waals surface area contributed by atoms with E-state index in [0.29, 0.717) is 11.1 Å². The number of rotatable bonds is 3. The summed E-state index contributed by atoms with van der Waals surface area (Å²) in [6.07, 6.45) is -0.0796. The molecular weight excluding hydrogens is 339 g/mol. The summed E-state index contributed by atoms with van der Waals surface area (Å²) in [6, 6.07) is 11.1. The number of ketones is 1. The Hall–Kier alpha value is -2.04. The Morgan fingerprint density at radius 1 is 1.17 bits per heavy atom. The van der Waals surface area contributed by atoms with Crippen molar-refractivity contribution in [1.29, 1.82) is 0 Å². The number of hydrogen-bond acceptors (Lipinski definition) is 3. The molecule has 1 heterocycles. The fraction of sp³-hybridized carbons (Fsp3) is 0.176. The van der Waals surface area contributed by atoms with Gasteiger partial charge in [-0.2, -0.15) is 0 Å². The van der Waals surface area contributed by atoms with Gasteiger partial charge in [0.25, 0.3) is 5.60 Å². The maximum Gasteiger partial charge on any atom is 0.356 e. The summed E-state index contributed by atoms with van der Waals surface area (Å²) in [5.74, 6) is -1.77. The molecule has 0 amide bonds. The molecule has 0 bridgehead atoms. The van der Waals surface area contributed by atoms with Crippen LogP contribution in [0.2, 0.25) is 10.0 Å². The number of carboxylic acid groups (broad SMARTS) is 1. The SMILES string of the molecule is CC(=O)C1(C(=O)O)Cc2cc(-c3ccccc3)c(Cl)c(Cl)c2O1. The lowest BCUT2D eigenvalue weighted by Crippen LogP contribution is -2.49. The molecule has 6 heteroatoms. The Kier molecular flexibility index (Phi) is 3.82. The van der Waals surface area contributed by atoms with Crippen LogP contribution in [0.4, 0.5) is 0 Å². The van der Waals surface area contributed by atoms with Crippen LogP contribution in [0.25, 0.3) is 11.1 Å². The van der Waals surface area contributed by atoms with Gasteiger partial charge in [0.15, 0.2) is 5.78 Å². The monoisotopic (exact) mass is 350 g/mol. The molecule has 0 aliphatic carbocycles. The minimum Gasteiger partial charge on any atom is -0.478 e. The molecule has 0 saturated carbocycles. The Balaban J connectivity index is 2.17. The van der Waals surface area contributed by atoms with Crippen molar-refractivity contribution in [3.63, 3.8) is 0 Å². The largest absolute Gasteiger partial charge is 0.478 e. The molecule has 4 nitrogen and oxygen atoms in total. The number of benzene rings is 2. The van der Waals surface area contributed by atoms with Gasteiger partial charge >= 0.3 is 5.97 Å². The third kappa shape index (κ3) is 2.38. The van der Waals surface area contributed by atoms with Gasteiger partial charge in [-0.25, -0.2) is 4.79 Å². The molecule has 1 aliphatic heterocycles. The highest BCUT2D eigenvalue weighted by molar-refractivity contribution is 6.45. The summed E-state index contributed by atoms with van der Waals surface area (Å²) in [4.78, 5) is 23.4. The molecule has 1 N–H and O–H groups in total. The molecule has 118 valence electrons. The molecule has 0 fully saturated rings. The summed E-state index contributed by atoms with van der Waals surface area (Å²) in [5, 5.41) is 9.81. The van der Waals surface area contributed by atoms with Gasteiger partial charge in [0, 0.05) is 17.5 Å². The quantitative estimate of drug-likeness (QED) is 0.849. The predicted octanol–water partition coefficient (Wildman–Crippen LogP) is 4.01. The van der Waals surface area contributed by atoms with Crippen molar-refractivity contribution in [2.45, 2.75) is 18.9 Å². The van der Waals surface area contributed by atoms with E-state index in [4.69, 9.17) is 27.9 Å². The van der Waals surface area contributed by atoms with Gasteiger partial charge in [-0.15, -0.1) is 0 Å². The van der Waals surface area contributed by atoms with Crippen LogP contribution in [0.1, 0.15) is 12.5 Å². The number of aliphatic carboxylic acids is 1. The van der Waals surface area contributed by atoms with Gasteiger partial charge in [0.1, 0.15) is 10.8 Å². The average Bonchev–Trinajstić information content (AvgIpc) is 2.93. The van der Waals surface area contributed by atoms with E-state index in [9.17, 15) is 14.7 Å². The third-order valence-corrected chi connectivity index (χ3v) is 4.80. The lowest BCUT2D eigenvalue weighted by atomic mass is 9.92.